The smallest absolute Gasteiger partial charge is 0.228 e. The molecule has 1 rings (SSSR count). The molecule has 15 heavy (non-hydrogen) atoms. The maximum Gasteiger partial charge on any atom is 0.228 e. The molecule has 0 aromatic heterocycles. The summed E-state index contributed by atoms with van der Waals surface area (Å²) in [5, 5.41) is -0.339. The van der Waals surface area contributed by atoms with Gasteiger partial charge in [-0.25, -0.2) is 8.42 Å². The molecule has 1 amide bonds. The molecule has 0 aliphatic carbocycles. The first-order valence-electron chi connectivity index (χ1n) is 5.19. The molecular formula is C10H19NO3S. The fraction of sp³-hybridized carbons (Fsp3) is 0.900. The van der Waals surface area contributed by atoms with Crippen molar-refractivity contribution in [1.82, 2.24) is 4.90 Å². The lowest BCUT2D eigenvalue weighted by Gasteiger charge is -2.41. The Hall–Kier alpha value is -0.580. The van der Waals surface area contributed by atoms with Crippen molar-refractivity contribution in [3.05, 3.63) is 0 Å². The van der Waals surface area contributed by atoms with Crippen molar-refractivity contribution < 1.29 is 13.2 Å². The summed E-state index contributed by atoms with van der Waals surface area (Å²) in [4.78, 5) is 13.4. The molecule has 1 saturated heterocycles. The first-order valence-corrected chi connectivity index (χ1v) is 6.91. The van der Waals surface area contributed by atoms with Crippen LogP contribution in [-0.2, 0) is 14.6 Å². The highest BCUT2D eigenvalue weighted by molar-refractivity contribution is 7.92. The minimum atomic E-state index is -2.97. The van der Waals surface area contributed by atoms with Crippen molar-refractivity contribution in [2.75, 3.05) is 18.8 Å². The fourth-order valence-corrected chi connectivity index (χ4v) is 2.83. The zero-order valence-corrected chi connectivity index (χ0v) is 10.6. The molecule has 0 bridgehead atoms. The number of rotatable bonds is 2. The summed E-state index contributed by atoms with van der Waals surface area (Å²) in [5.41, 5.74) is -0.416. The third-order valence-electron chi connectivity index (χ3n) is 2.69. The molecular weight excluding hydrogens is 214 g/mol. The van der Waals surface area contributed by atoms with E-state index in [1.807, 2.05) is 20.8 Å². The molecule has 0 spiro atoms. The maximum atomic E-state index is 11.7. The number of amides is 1. The van der Waals surface area contributed by atoms with Gasteiger partial charge in [-0.2, -0.15) is 0 Å². The first-order chi connectivity index (χ1) is 6.68. The van der Waals surface area contributed by atoms with Crippen molar-refractivity contribution in [2.45, 2.75) is 32.9 Å². The van der Waals surface area contributed by atoms with Gasteiger partial charge in [0.2, 0.25) is 5.91 Å². The Kier molecular flexibility index (Phi) is 3.14. The zero-order chi connectivity index (χ0) is 11.9. The third-order valence-corrected chi connectivity index (χ3v) is 4.81. The van der Waals surface area contributed by atoms with E-state index in [0.29, 0.717) is 13.1 Å². The first kappa shape index (κ1) is 12.5. The Balaban J connectivity index is 2.56. The van der Waals surface area contributed by atoms with Crippen molar-refractivity contribution in [1.29, 1.82) is 0 Å². The van der Waals surface area contributed by atoms with Gasteiger partial charge in [-0.3, -0.25) is 4.79 Å². The Morgan fingerprint density at radius 3 is 2.13 bits per heavy atom. The number of carbonyl (C=O) groups excluding carboxylic acids is 1. The molecule has 0 unspecified atom stereocenters. The summed E-state index contributed by atoms with van der Waals surface area (Å²) in [6.45, 7) is 7.91. The number of nitrogens with zero attached hydrogens (tertiary/aromatic N) is 1. The lowest BCUT2D eigenvalue weighted by molar-refractivity contribution is -0.142. The predicted molar refractivity (Wildman–Crippen MR) is 59.3 cm³/mol. The van der Waals surface area contributed by atoms with Gasteiger partial charge in [0.15, 0.2) is 9.84 Å². The molecule has 0 radical (unpaired) electrons. The number of likely N-dealkylation sites (tertiary alicyclic amines) is 1. The second kappa shape index (κ2) is 3.77. The van der Waals surface area contributed by atoms with Gasteiger partial charge in [-0.15, -0.1) is 0 Å². The molecule has 1 aliphatic rings. The zero-order valence-electron chi connectivity index (χ0n) is 9.78. The summed E-state index contributed by atoms with van der Waals surface area (Å²) in [5.74, 6) is 0.194. The van der Waals surface area contributed by atoms with Gasteiger partial charge in [0.05, 0.1) is 5.25 Å². The fourth-order valence-electron chi connectivity index (χ4n) is 1.54. The lowest BCUT2D eigenvalue weighted by atomic mass is 9.93. The highest BCUT2D eigenvalue weighted by Gasteiger charge is 2.41. The van der Waals surface area contributed by atoms with Crippen LogP contribution in [-0.4, -0.2) is 43.3 Å². The van der Waals surface area contributed by atoms with Crippen molar-refractivity contribution >= 4 is 15.7 Å². The third kappa shape index (κ3) is 2.51. The van der Waals surface area contributed by atoms with Crippen LogP contribution >= 0.6 is 0 Å². The highest BCUT2D eigenvalue weighted by Crippen LogP contribution is 2.24. The molecule has 1 aliphatic heterocycles. The summed E-state index contributed by atoms with van der Waals surface area (Å²) in [6, 6.07) is 0. The molecule has 1 heterocycles. The van der Waals surface area contributed by atoms with Gasteiger partial charge in [0.1, 0.15) is 0 Å². The van der Waals surface area contributed by atoms with E-state index in [0.717, 1.165) is 0 Å². The average Bonchev–Trinajstić information content (AvgIpc) is 1.99. The second-order valence-corrected chi connectivity index (χ2v) is 7.60. The lowest BCUT2D eigenvalue weighted by Crippen LogP contribution is -2.59. The Morgan fingerprint density at radius 1 is 1.33 bits per heavy atom. The summed E-state index contributed by atoms with van der Waals surface area (Å²) < 4.78 is 22.9. The minimum absolute atomic E-state index is 0.0325. The maximum absolute atomic E-state index is 11.7. The number of hydrogen-bond acceptors (Lipinski definition) is 3. The molecule has 0 saturated carbocycles. The van der Waals surface area contributed by atoms with Crippen LogP contribution in [0.1, 0.15) is 27.7 Å². The molecule has 5 heteroatoms. The van der Waals surface area contributed by atoms with Crippen LogP contribution in [0, 0.1) is 5.41 Å². The second-order valence-electron chi connectivity index (χ2n) is 5.03. The van der Waals surface area contributed by atoms with Gasteiger partial charge >= 0.3 is 0 Å². The standard InChI is InChI=1S/C10H19NO3S/c1-5-15(13,14)8-6-11(7-8)9(12)10(2,3)4/h8H,5-7H2,1-4H3. The van der Waals surface area contributed by atoms with Crippen LogP contribution in [0.4, 0.5) is 0 Å². The summed E-state index contributed by atoms with van der Waals surface area (Å²) in [6.07, 6.45) is 0. The van der Waals surface area contributed by atoms with Crippen LogP contribution in [0.15, 0.2) is 0 Å². The van der Waals surface area contributed by atoms with E-state index in [2.05, 4.69) is 0 Å². The van der Waals surface area contributed by atoms with Crippen LogP contribution in [0.3, 0.4) is 0 Å². The quantitative estimate of drug-likeness (QED) is 0.704. The van der Waals surface area contributed by atoms with Crippen molar-refractivity contribution in [3.8, 4) is 0 Å². The Morgan fingerprint density at radius 2 is 1.80 bits per heavy atom. The topological polar surface area (TPSA) is 54.5 Å². The Labute approximate surface area is 91.6 Å². The number of carbonyl (C=O) groups is 1. The van der Waals surface area contributed by atoms with Gasteiger partial charge in [-0.05, 0) is 0 Å². The molecule has 1 fully saturated rings. The molecule has 88 valence electrons. The number of sulfone groups is 1. The van der Waals surface area contributed by atoms with Gasteiger partial charge in [-0.1, -0.05) is 27.7 Å². The van der Waals surface area contributed by atoms with E-state index in [4.69, 9.17) is 0 Å². The molecule has 0 aromatic carbocycles. The molecule has 0 atom stereocenters. The van der Waals surface area contributed by atoms with E-state index in [1.165, 1.54) is 0 Å². The molecule has 4 nitrogen and oxygen atoms in total. The van der Waals surface area contributed by atoms with Crippen LogP contribution in [0.25, 0.3) is 0 Å². The highest BCUT2D eigenvalue weighted by atomic mass is 32.2. The average molecular weight is 233 g/mol. The van der Waals surface area contributed by atoms with E-state index in [1.54, 1.807) is 11.8 Å². The minimum Gasteiger partial charge on any atom is -0.339 e. The van der Waals surface area contributed by atoms with Crippen molar-refractivity contribution in [3.63, 3.8) is 0 Å². The van der Waals surface area contributed by atoms with Crippen LogP contribution < -0.4 is 0 Å². The van der Waals surface area contributed by atoms with E-state index < -0.39 is 15.3 Å². The van der Waals surface area contributed by atoms with Crippen LogP contribution in [0.5, 0.6) is 0 Å². The van der Waals surface area contributed by atoms with Gasteiger partial charge < -0.3 is 4.90 Å². The van der Waals surface area contributed by atoms with E-state index >= 15 is 0 Å². The van der Waals surface area contributed by atoms with Gasteiger partial charge in [0.25, 0.3) is 0 Å². The van der Waals surface area contributed by atoms with E-state index in [-0.39, 0.29) is 16.9 Å². The summed E-state index contributed by atoms with van der Waals surface area (Å²) >= 11 is 0. The largest absolute Gasteiger partial charge is 0.339 e. The summed E-state index contributed by atoms with van der Waals surface area (Å²) in [7, 11) is -2.97. The number of hydrogen-bond donors (Lipinski definition) is 0. The Bertz CT molecular complexity index is 347. The van der Waals surface area contributed by atoms with Crippen molar-refractivity contribution in [2.24, 2.45) is 5.41 Å². The van der Waals surface area contributed by atoms with E-state index in [9.17, 15) is 13.2 Å². The van der Waals surface area contributed by atoms with Gasteiger partial charge in [0, 0.05) is 24.3 Å². The monoisotopic (exact) mass is 233 g/mol. The molecule has 0 N–H and O–H groups in total. The SMILES string of the molecule is CCS(=O)(=O)C1CN(C(=O)C(C)(C)C)C1. The van der Waals surface area contributed by atoms with Crippen LogP contribution in [0.2, 0.25) is 0 Å². The normalized spacial score (nSPS) is 18.8. The molecule has 0 aromatic rings. The predicted octanol–water partition coefficient (Wildman–Crippen LogP) is 0.678.